The Hall–Kier alpha value is -3.73. The standard InChI is InChI=1S/C22H13ClF3N5OS/c23-17-7-2-1-6-14(17)19-15(9-27)20(29)31-21(16(19)10-28)33-11-18(32)30-13-5-3-4-12(8-13)22(24,25)26/h1-8H,11H2,(H2,29,31)(H,30,32). The second-order valence-electron chi connectivity index (χ2n) is 6.55. The number of hydrogen-bond donors (Lipinski definition) is 2. The van der Waals surface area contributed by atoms with Crippen molar-refractivity contribution in [2.45, 2.75) is 11.2 Å². The van der Waals surface area contributed by atoms with Crippen molar-refractivity contribution >= 4 is 40.8 Å². The summed E-state index contributed by atoms with van der Waals surface area (Å²) in [5.74, 6) is -1.04. The fraction of sp³-hybridized carbons (Fsp3) is 0.0909. The minimum Gasteiger partial charge on any atom is -0.383 e. The molecule has 1 heterocycles. The number of carbonyl (C=O) groups is 1. The van der Waals surface area contributed by atoms with E-state index in [1.165, 1.54) is 12.1 Å². The van der Waals surface area contributed by atoms with Gasteiger partial charge in [-0.05, 0) is 24.3 Å². The van der Waals surface area contributed by atoms with Crippen LogP contribution in [0.25, 0.3) is 11.1 Å². The third-order valence-corrected chi connectivity index (χ3v) is 5.68. The van der Waals surface area contributed by atoms with Gasteiger partial charge in [0.15, 0.2) is 0 Å². The number of nitriles is 2. The van der Waals surface area contributed by atoms with Gasteiger partial charge in [0.2, 0.25) is 5.91 Å². The predicted octanol–water partition coefficient (Wildman–Crippen LogP) is 5.48. The Morgan fingerprint density at radius 3 is 2.45 bits per heavy atom. The number of hydrogen-bond acceptors (Lipinski definition) is 6. The van der Waals surface area contributed by atoms with E-state index in [1.54, 1.807) is 24.3 Å². The Labute approximate surface area is 195 Å². The zero-order valence-electron chi connectivity index (χ0n) is 16.6. The first-order valence-electron chi connectivity index (χ1n) is 9.14. The van der Waals surface area contributed by atoms with E-state index >= 15 is 0 Å². The molecule has 0 atom stereocenters. The van der Waals surface area contributed by atoms with Crippen molar-refractivity contribution in [3.05, 3.63) is 70.2 Å². The zero-order valence-corrected chi connectivity index (χ0v) is 18.1. The van der Waals surface area contributed by atoms with Crippen LogP contribution in [-0.4, -0.2) is 16.6 Å². The van der Waals surface area contributed by atoms with Crippen molar-refractivity contribution < 1.29 is 18.0 Å². The predicted molar refractivity (Wildman–Crippen MR) is 119 cm³/mol. The largest absolute Gasteiger partial charge is 0.416 e. The molecule has 0 spiro atoms. The van der Waals surface area contributed by atoms with Crippen molar-refractivity contribution in [1.82, 2.24) is 4.98 Å². The molecular formula is C22H13ClF3N5OS. The molecule has 0 aliphatic rings. The van der Waals surface area contributed by atoms with E-state index in [1.807, 2.05) is 12.1 Å². The number of carbonyl (C=O) groups excluding carboxylic acids is 1. The Kier molecular flexibility index (Phi) is 7.12. The van der Waals surface area contributed by atoms with Gasteiger partial charge in [0.05, 0.1) is 16.9 Å². The number of nitrogens with one attached hydrogen (secondary N) is 1. The van der Waals surface area contributed by atoms with Crippen LogP contribution in [0.3, 0.4) is 0 Å². The molecule has 0 fully saturated rings. The number of thioether (sulfide) groups is 1. The second-order valence-corrected chi connectivity index (χ2v) is 7.92. The summed E-state index contributed by atoms with van der Waals surface area (Å²) in [4.78, 5) is 16.4. The molecule has 0 aliphatic heterocycles. The molecule has 6 nitrogen and oxygen atoms in total. The molecule has 33 heavy (non-hydrogen) atoms. The number of anilines is 2. The number of halogens is 4. The first kappa shape index (κ1) is 23.9. The highest BCUT2D eigenvalue weighted by Crippen LogP contribution is 2.38. The molecule has 1 amide bonds. The number of nitrogen functional groups attached to an aromatic ring is 1. The van der Waals surface area contributed by atoms with Gasteiger partial charge in [-0.25, -0.2) is 4.98 Å². The topological polar surface area (TPSA) is 116 Å². The maximum Gasteiger partial charge on any atom is 0.416 e. The average molecular weight is 488 g/mol. The zero-order chi connectivity index (χ0) is 24.2. The molecule has 0 saturated heterocycles. The maximum absolute atomic E-state index is 12.9. The van der Waals surface area contributed by atoms with E-state index in [4.69, 9.17) is 17.3 Å². The Balaban J connectivity index is 1.89. The van der Waals surface area contributed by atoms with E-state index in [2.05, 4.69) is 10.3 Å². The summed E-state index contributed by atoms with van der Waals surface area (Å²) in [5.41, 5.74) is 5.57. The monoisotopic (exact) mass is 487 g/mol. The highest BCUT2D eigenvalue weighted by molar-refractivity contribution is 8.00. The molecule has 166 valence electrons. The second kappa shape index (κ2) is 9.82. The van der Waals surface area contributed by atoms with E-state index in [0.29, 0.717) is 5.56 Å². The molecule has 2 aromatic carbocycles. The average Bonchev–Trinajstić information content (AvgIpc) is 2.77. The van der Waals surface area contributed by atoms with Crippen LogP contribution in [0.2, 0.25) is 5.02 Å². The Morgan fingerprint density at radius 2 is 1.82 bits per heavy atom. The van der Waals surface area contributed by atoms with Crippen molar-refractivity contribution in [1.29, 1.82) is 10.5 Å². The summed E-state index contributed by atoms with van der Waals surface area (Å²) in [6.45, 7) is 0. The summed E-state index contributed by atoms with van der Waals surface area (Å²) in [7, 11) is 0. The number of alkyl halides is 3. The summed E-state index contributed by atoms with van der Waals surface area (Å²) >= 11 is 7.11. The molecule has 1 aromatic heterocycles. The fourth-order valence-corrected chi connectivity index (χ4v) is 3.97. The lowest BCUT2D eigenvalue weighted by Gasteiger charge is -2.14. The van der Waals surface area contributed by atoms with Crippen molar-refractivity contribution in [3.63, 3.8) is 0 Å². The number of rotatable bonds is 5. The summed E-state index contributed by atoms with van der Waals surface area (Å²) in [6, 6.07) is 14.7. The number of nitrogens with zero attached hydrogens (tertiary/aromatic N) is 3. The van der Waals surface area contributed by atoms with Gasteiger partial charge in [-0.2, -0.15) is 23.7 Å². The molecule has 0 radical (unpaired) electrons. The van der Waals surface area contributed by atoms with Crippen molar-refractivity contribution in [2.24, 2.45) is 0 Å². The van der Waals surface area contributed by atoms with Crippen LogP contribution in [0, 0.1) is 22.7 Å². The van der Waals surface area contributed by atoms with Crippen LogP contribution in [0.5, 0.6) is 0 Å². The highest BCUT2D eigenvalue weighted by Gasteiger charge is 2.30. The number of amides is 1. The van der Waals surface area contributed by atoms with Crippen LogP contribution < -0.4 is 11.1 Å². The van der Waals surface area contributed by atoms with Gasteiger partial charge >= 0.3 is 6.18 Å². The third kappa shape index (κ3) is 5.37. The van der Waals surface area contributed by atoms with Gasteiger partial charge in [0.25, 0.3) is 0 Å². The molecule has 11 heteroatoms. The minimum absolute atomic E-state index is 0.00530. The smallest absolute Gasteiger partial charge is 0.383 e. The lowest BCUT2D eigenvalue weighted by atomic mass is 9.97. The van der Waals surface area contributed by atoms with Crippen LogP contribution in [0.4, 0.5) is 24.7 Å². The molecule has 0 aliphatic carbocycles. The molecular weight excluding hydrogens is 475 g/mol. The molecule has 0 saturated carbocycles. The third-order valence-electron chi connectivity index (χ3n) is 4.37. The van der Waals surface area contributed by atoms with Gasteiger partial charge < -0.3 is 11.1 Å². The first-order valence-corrected chi connectivity index (χ1v) is 10.5. The molecule has 3 aromatic rings. The molecule has 0 unspecified atom stereocenters. The van der Waals surface area contributed by atoms with Gasteiger partial charge in [-0.15, -0.1) is 0 Å². The van der Waals surface area contributed by atoms with Gasteiger partial charge in [0, 0.05) is 21.8 Å². The number of aromatic nitrogens is 1. The lowest BCUT2D eigenvalue weighted by molar-refractivity contribution is -0.137. The van der Waals surface area contributed by atoms with Crippen LogP contribution in [-0.2, 0) is 11.0 Å². The highest BCUT2D eigenvalue weighted by atomic mass is 35.5. The first-order chi connectivity index (χ1) is 15.7. The SMILES string of the molecule is N#Cc1c(N)nc(SCC(=O)Nc2cccc(C(F)(F)F)c2)c(C#N)c1-c1ccccc1Cl. The maximum atomic E-state index is 12.9. The molecule has 3 N–H and O–H groups in total. The lowest BCUT2D eigenvalue weighted by Crippen LogP contribution is -2.15. The summed E-state index contributed by atoms with van der Waals surface area (Å²) < 4.78 is 38.6. The van der Waals surface area contributed by atoms with Crippen molar-refractivity contribution in [2.75, 3.05) is 16.8 Å². The minimum atomic E-state index is -4.55. The number of benzene rings is 2. The van der Waals surface area contributed by atoms with E-state index in [-0.39, 0.29) is 44.0 Å². The van der Waals surface area contributed by atoms with E-state index in [0.717, 1.165) is 23.9 Å². The van der Waals surface area contributed by atoms with Gasteiger partial charge in [-0.3, -0.25) is 4.79 Å². The number of pyridine rings is 1. The Morgan fingerprint density at radius 1 is 1.12 bits per heavy atom. The Bertz CT molecular complexity index is 1310. The quantitative estimate of drug-likeness (QED) is 0.460. The number of nitrogens with two attached hydrogens (primary N) is 1. The summed E-state index contributed by atoms with van der Waals surface area (Å²) in [5, 5.41) is 22.1. The van der Waals surface area contributed by atoms with Crippen molar-refractivity contribution in [3.8, 4) is 23.3 Å². The van der Waals surface area contributed by atoms with Crippen LogP contribution in [0.15, 0.2) is 53.6 Å². The van der Waals surface area contributed by atoms with Crippen LogP contribution >= 0.6 is 23.4 Å². The fourth-order valence-electron chi connectivity index (χ4n) is 2.94. The molecule has 0 bridgehead atoms. The van der Waals surface area contributed by atoms with Gasteiger partial charge in [0.1, 0.15) is 28.5 Å². The normalized spacial score (nSPS) is 10.8. The van der Waals surface area contributed by atoms with E-state index in [9.17, 15) is 28.5 Å². The molecule has 3 rings (SSSR count). The van der Waals surface area contributed by atoms with Crippen LogP contribution in [0.1, 0.15) is 16.7 Å². The van der Waals surface area contributed by atoms with Gasteiger partial charge in [-0.1, -0.05) is 47.6 Å². The van der Waals surface area contributed by atoms with E-state index < -0.39 is 17.6 Å². The summed E-state index contributed by atoms with van der Waals surface area (Å²) in [6.07, 6.45) is -4.55.